The average Bonchev–Trinajstić information content (AvgIpc) is 3.15. The lowest BCUT2D eigenvalue weighted by molar-refractivity contribution is 0.0672. The molecule has 1 aliphatic rings. The highest BCUT2D eigenvalue weighted by molar-refractivity contribution is 6.34. The molecule has 0 saturated heterocycles. The summed E-state index contributed by atoms with van der Waals surface area (Å²) >= 11 is 6.37. The van der Waals surface area contributed by atoms with E-state index in [-0.39, 0.29) is 11.9 Å². The summed E-state index contributed by atoms with van der Waals surface area (Å²) in [5, 5.41) is 9.11. The van der Waals surface area contributed by atoms with Crippen LogP contribution >= 0.6 is 11.6 Å². The quantitative estimate of drug-likeness (QED) is 0.678. The van der Waals surface area contributed by atoms with Crippen LogP contribution in [0.2, 0.25) is 5.02 Å². The van der Waals surface area contributed by atoms with Crippen molar-refractivity contribution in [3.8, 4) is 5.95 Å². The molecule has 2 aromatic heterocycles. The highest BCUT2D eigenvalue weighted by atomic mass is 35.5. The molecule has 1 atom stereocenters. The predicted octanol–water partition coefficient (Wildman–Crippen LogP) is 3.34. The number of benzene rings is 1. The maximum Gasteiger partial charge on any atom is 0.255 e. The van der Waals surface area contributed by atoms with Gasteiger partial charge in [-0.1, -0.05) is 35.9 Å². The molecule has 0 aliphatic carbocycles. The van der Waals surface area contributed by atoms with Gasteiger partial charge < -0.3 is 4.90 Å². The average molecular weight is 397 g/mol. The molecule has 0 bridgehead atoms. The molecule has 0 saturated carbocycles. The zero-order valence-electron chi connectivity index (χ0n) is 16.1. The van der Waals surface area contributed by atoms with Gasteiger partial charge in [0.05, 0.1) is 22.3 Å². The van der Waals surface area contributed by atoms with E-state index >= 15 is 0 Å². The summed E-state index contributed by atoms with van der Waals surface area (Å²) in [7, 11) is 0. The molecule has 8 heteroatoms. The number of carbonyl (C=O) groups is 1. The lowest BCUT2D eigenvalue weighted by Gasteiger charge is -2.32. The van der Waals surface area contributed by atoms with Gasteiger partial charge in [0.1, 0.15) is 5.69 Å². The topological polar surface area (TPSA) is 76.8 Å². The van der Waals surface area contributed by atoms with Gasteiger partial charge in [-0.25, -0.2) is 9.97 Å². The van der Waals surface area contributed by atoms with Gasteiger partial charge in [-0.15, -0.1) is 5.10 Å². The van der Waals surface area contributed by atoms with Crippen molar-refractivity contribution in [3.05, 3.63) is 63.7 Å². The van der Waals surface area contributed by atoms with Crippen LogP contribution in [-0.2, 0) is 12.8 Å². The number of hydrogen-bond acceptors (Lipinski definition) is 5. The van der Waals surface area contributed by atoms with E-state index < -0.39 is 0 Å². The number of halogens is 1. The predicted molar refractivity (Wildman–Crippen MR) is 106 cm³/mol. The molecular weight excluding hydrogens is 376 g/mol. The molecule has 0 radical (unpaired) electrons. The molecule has 3 heterocycles. The SMILES string of the molecule is CCc1ccnc(-n2nnc3c2CCN(C(=O)c2cccc(C)c2Cl)[C@@H]3C)n1. The molecule has 4 rings (SSSR count). The van der Waals surface area contributed by atoms with Crippen molar-refractivity contribution in [2.75, 3.05) is 6.54 Å². The number of rotatable bonds is 3. The first kappa shape index (κ1) is 18.6. The van der Waals surface area contributed by atoms with Crippen LogP contribution < -0.4 is 0 Å². The number of nitrogens with zero attached hydrogens (tertiary/aromatic N) is 6. The van der Waals surface area contributed by atoms with E-state index in [1.807, 2.05) is 39.0 Å². The van der Waals surface area contributed by atoms with E-state index in [9.17, 15) is 4.79 Å². The summed E-state index contributed by atoms with van der Waals surface area (Å²) < 4.78 is 1.69. The maximum atomic E-state index is 13.1. The first-order chi connectivity index (χ1) is 13.5. The van der Waals surface area contributed by atoms with Crippen LogP contribution in [0.5, 0.6) is 0 Å². The van der Waals surface area contributed by atoms with Gasteiger partial charge in [0.15, 0.2) is 0 Å². The summed E-state index contributed by atoms with van der Waals surface area (Å²) in [5.41, 5.74) is 4.07. The van der Waals surface area contributed by atoms with Crippen LogP contribution in [0.1, 0.15) is 52.9 Å². The highest BCUT2D eigenvalue weighted by Crippen LogP contribution is 2.31. The van der Waals surface area contributed by atoms with E-state index in [4.69, 9.17) is 11.6 Å². The third kappa shape index (κ3) is 3.05. The molecular formula is C20H21ClN6O. The Morgan fingerprint density at radius 2 is 2.14 bits per heavy atom. The van der Waals surface area contributed by atoms with E-state index in [0.29, 0.717) is 29.5 Å². The van der Waals surface area contributed by atoms with Crippen LogP contribution in [0, 0.1) is 6.92 Å². The number of aromatic nitrogens is 5. The van der Waals surface area contributed by atoms with Gasteiger partial charge in [-0.2, -0.15) is 4.68 Å². The van der Waals surface area contributed by atoms with Crippen molar-refractivity contribution in [2.24, 2.45) is 0 Å². The van der Waals surface area contributed by atoms with Crippen LogP contribution in [0.25, 0.3) is 5.95 Å². The van der Waals surface area contributed by atoms with Gasteiger partial charge in [0, 0.05) is 24.9 Å². The van der Waals surface area contributed by atoms with Crippen LogP contribution in [0.3, 0.4) is 0 Å². The summed E-state index contributed by atoms with van der Waals surface area (Å²) in [6.45, 7) is 6.46. The fourth-order valence-electron chi connectivity index (χ4n) is 3.53. The Balaban J connectivity index is 1.66. The fraction of sp³-hybridized carbons (Fsp3) is 0.350. The Morgan fingerprint density at radius 3 is 2.93 bits per heavy atom. The lowest BCUT2D eigenvalue weighted by Crippen LogP contribution is -2.39. The zero-order chi connectivity index (χ0) is 19.8. The first-order valence-electron chi connectivity index (χ1n) is 9.34. The maximum absolute atomic E-state index is 13.1. The molecule has 3 aromatic rings. The summed E-state index contributed by atoms with van der Waals surface area (Å²) in [6.07, 6.45) is 3.18. The summed E-state index contributed by atoms with van der Waals surface area (Å²) in [6, 6.07) is 7.19. The monoisotopic (exact) mass is 396 g/mol. The van der Waals surface area contributed by atoms with Crippen LogP contribution in [0.4, 0.5) is 0 Å². The number of amides is 1. The smallest absolute Gasteiger partial charge is 0.255 e. The minimum Gasteiger partial charge on any atom is -0.330 e. The fourth-order valence-corrected chi connectivity index (χ4v) is 3.74. The molecule has 0 fully saturated rings. The second kappa shape index (κ2) is 7.31. The third-order valence-electron chi connectivity index (χ3n) is 5.18. The van der Waals surface area contributed by atoms with Crippen molar-refractivity contribution in [1.29, 1.82) is 0 Å². The molecule has 0 spiro atoms. The van der Waals surface area contributed by atoms with E-state index in [1.165, 1.54) is 0 Å². The lowest BCUT2D eigenvalue weighted by atomic mass is 10.0. The van der Waals surface area contributed by atoms with Crippen molar-refractivity contribution < 1.29 is 4.79 Å². The Labute approximate surface area is 168 Å². The van der Waals surface area contributed by atoms with E-state index in [2.05, 4.69) is 20.3 Å². The molecule has 0 N–H and O–H groups in total. The second-order valence-electron chi connectivity index (χ2n) is 6.90. The zero-order valence-corrected chi connectivity index (χ0v) is 16.8. The molecule has 1 aliphatic heterocycles. The molecule has 0 unspecified atom stereocenters. The van der Waals surface area contributed by atoms with E-state index in [1.54, 1.807) is 21.8 Å². The minimum atomic E-state index is -0.212. The molecule has 144 valence electrons. The van der Waals surface area contributed by atoms with Crippen LogP contribution in [0.15, 0.2) is 30.5 Å². The summed E-state index contributed by atoms with van der Waals surface area (Å²) in [5.74, 6) is 0.424. The Hall–Kier alpha value is -2.80. The van der Waals surface area contributed by atoms with Gasteiger partial charge >= 0.3 is 0 Å². The van der Waals surface area contributed by atoms with Gasteiger partial charge in [-0.3, -0.25) is 4.79 Å². The van der Waals surface area contributed by atoms with Gasteiger partial charge in [0.2, 0.25) is 0 Å². The normalized spacial score (nSPS) is 16.1. The van der Waals surface area contributed by atoms with E-state index in [0.717, 1.165) is 29.1 Å². The molecule has 28 heavy (non-hydrogen) atoms. The number of aryl methyl sites for hydroxylation is 2. The Bertz CT molecular complexity index is 1050. The van der Waals surface area contributed by atoms with Crippen molar-refractivity contribution in [1.82, 2.24) is 29.9 Å². The Morgan fingerprint density at radius 1 is 1.32 bits per heavy atom. The third-order valence-corrected chi connectivity index (χ3v) is 5.68. The standard InChI is InChI=1S/C20H21ClN6O/c1-4-14-8-10-22-20(23-14)27-16-9-11-26(13(3)18(16)24-25-27)19(28)15-7-5-6-12(2)17(15)21/h5-8,10,13H,4,9,11H2,1-3H3/t13-/m1/s1. The second-order valence-corrected chi connectivity index (χ2v) is 7.27. The van der Waals surface area contributed by atoms with Crippen molar-refractivity contribution in [3.63, 3.8) is 0 Å². The molecule has 1 amide bonds. The Kier molecular flexibility index (Phi) is 4.85. The largest absolute Gasteiger partial charge is 0.330 e. The number of hydrogen-bond donors (Lipinski definition) is 0. The summed E-state index contributed by atoms with van der Waals surface area (Å²) in [4.78, 5) is 23.8. The first-order valence-corrected chi connectivity index (χ1v) is 9.72. The molecule has 7 nitrogen and oxygen atoms in total. The van der Waals surface area contributed by atoms with Crippen LogP contribution in [-0.4, -0.2) is 42.3 Å². The highest BCUT2D eigenvalue weighted by Gasteiger charge is 2.33. The van der Waals surface area contributed by atoms with Gasteiger partial charge in [0.25, 0.3) is 11.9 Å². The number of fused-ring (bicyclic) bond motifs is 1. The molecule has 1 aromatic carbocycles. The van der Waals surface area contributed by atoms with Gasteiger partial charge in [-0.05, 0) is 38.0 Å². The van der Waals surface area contributed by atoms with Crippen molar-refractivity contribution >= 4 is 17.5 Å². The number of carbonyl (C=O) groups excluding carboxylic acids is 1. The minimum absolute atomic E-state index is 0.0920. The van der Waals surface area contributed by atoms with Crippen molar-refractivity contribution in [2.45, 2.75) is 39.7 Å².